The van der Waals surface area contributed by atoms with E-state index in [2.05, 4.69) is 75.9 Å². The molecule has 2 aliphatic rings. The van der Waals surface area contributed by atoms with Gasteiger partial charge in [-0.15, -0.1) is 0 Å². The van der Waals surface area contributed by atoms with Crippen LogP contribution in [0.15, 0.2) is 115 Å². The van der Waals surface area contributed by atoms with Gasteiger partial charge in [0.1, 0.15) is 5.78 Å². The molecular weight excluding hydrogens is 665 g/mol. The lowest BCUT2D eigenvalue weighted by atomic mass is 9.81. The molecule has 53 heavy (non-hydrogen) atoms. The number of ketones is 1. The highest BCUT2D eigenvalue weighted by molar-refractivity contribution is 5.79. The third kappa shape index (κ3) is 11.2. The van der Waals surface area contributed by atoms with E-state index in [1.54, 1.807) is 0 Å². The fraction of sp³-hybridized carbons (Fsp3) is 0.386. The first-order valence-electron chi connectivity index (χ1n) is 19.2. The van der Waals surface area contributed by atoms with Crippen LogP contribution in [0.4, 0.5) is 0 Å². The van der Waals surface area contributed by atoms with Gasteiger partial charge in [0, 0.05) is 18.9 Å². The van der Waals surface area contributed by atoms with Crippen molar-refractivity contribution in [3.8, 4) is 0 Å². The highest BCUT2D eigenvalue weighted by atomic mass is 16.4. The number of fused-ring (bicyclic) bond motifs is 2. The second kappa shape index (κ2) is 19.2. The smallest absolute Gasteiger partial charge is 0.408 e. The summed E-state index contributed by atoms with van der Waals surface area (Å²) in [6.07, 6.45) is 12.5. The number of rotatable bonds is 10. The fourth-order valence-electron chi connectivity index (χ4n) is 7.53. The Morgan fingerprint density at radius 3 is 1.60 bits per heavy atom. The number of oxazole rings is 2. The van der Waals surface area contributed by atoms with Crippen molar-refractivity contribution < 1.29 is 13.6 Å². The second-order valence-corrected chi connectivity index (χ2v) is 14.3. The number of hydrogen-bond donors (Lipinski definition) is 4. The summed E-state index contributed by atoms with van der Waals surface area (Å²) in [5, 5.41) is 3.73. The van der Waals surface area contributed by atoms with E-state index >= 15 is 0 Å². The first-order valence-corrected chi connectivity index (χ1v) is 19.2. The van der Waals surface area contributed by atoms with E-state index in [-0.39, 0.29) is 5.76 Å². The van der Waals surface area contributed by atoms with Crippen molar-refractivity contribution in [2.45, 2.75) is 94.9 Å². The summed E-state index contributed by atoms with van der Waals surface area (Å²) in [6, 6.07) is 33.7. The van der Waals surface area contributed by atoms with E-state index < -0.39 is 5.76 Å². The molecule has 8 rings (SSSR count). The Hall–Kier alpha value is -4.99. The number of aryl methyl sites for hydroxylation is 2. The fourth-order valence-corrected chi connectivity index (χ4v) is 7.53. The molecule has 0 atom stereocenters. The number of nitrogens with two attached hydrogens (primary N) is 1. The van der Waals surface area contributed by atoms with E-state index in [1.807, 2.05) is 36.4 Å². The molecule has 6 aromatic rings. The third-order valence-corrected chi connectivity index (χ3v) is 10.5. The largest absolute Gasteiger partial charge is 0.417 e. The zero-order valence-electron chi connectivity index (χ0n) is 30.5. The highest BCUT2D eigenvalue weighted by Crippen LogP contribution is 2.34. The number of nitrogens with one attached hydrogen (secondary N) is 3. The zero-order chi connectivity index (χ0) is 36.8. The minimum atomic E-state index is -0.420. The lowest BCUT2D eigenvalue weighted by molar-refractivity contribution is -0.120. The summed E-state index contributed by atoms with van der Waals surface area (Å²) in [4.78, 5) is 38.9. The van der Waals surface area contributed by atoms with Crippen LogP contribution in [0.25, 0.3) is 22.2 Å². The molecule has 0 spiro atoms. The van der Waals surface area contributed by atoms with Crippen LogP contribution in [0.2, 0.25) is 0 Å². The van der Waals surface area contributed by atoms with E-state index in [0.717, 1.165) is 61.8 Å². The number of aromatic amines is 2. The molecule has 9 heteroatoms. The van der Waals surface area contributed by atoms with Gasteiger partial charge in [0.2, 0.25) is 0 Å². The summed E-state index contributed by atoms with van der Waals surface area (Å²) >= 11 is 0. The molecule has 0 unspecified atom stereocenters. The van der Waals surface area contributed by atoms with Crippen molar-refractivity contribution in [3.05, 3.63) is 140 Å². The van der Waals surface area contributed by atoms with Crippen molar-refractivity contribution in [2.75, 3.05) is 13.1 Å². The van der Waals surface area contributed by atoms with Gasteiger partial charge in [0.15, 0.2) is 11.2 Å². The number of aromatic nitrogens is 2. The lowest BCUT2D eigenvalue weighted by Gasteiger charge is -2.29. The third-order valence-electron chi connectivity index (χ3n) is 10.5. The Kier molecular flexibility index (Phi) is 13.7. The number of H-pyrrole nitrogens is 2. The normalized spacial score (nSPS) is 17.6. The van der Waals surface area contributed by atoms with Gasteiger partial charge < -0.3 is 19.9 Å². The molecule has 2 saturated carbocycles. The van der Waals surface area contributed by atoms with Crippen molar-refractivity contribution in [2.24, 2.45) is 5.73 Å². The van der Waals surface area contributed by atoms with Crippen LogP contribution in [0.5, 0.6) is 0 Å². The first-order chi connectivity index (χ1) is 25.9. The number of hydrogen-bond acceptors (Lipinski definition) is 7. The Balaban J connectivity index is 0.000000152. The van der Waals surface area contributed by atoms with Gasteiger partial charge in [-0.2, -0.15) is 0 Å². The predicted molar refractivity (Wildman–Crippen MR) is 211 cm³/mol. The molecule has 0 aliphatic heterocycles. The van der Waals surface area contributed by atoms with Gasteiger partial charge in [-0.05, 0) is 136 Å². The lowest BCUT2D eigenvalue weighted by Crippen LogP contribution is -2.33. The maximum atomic E-state index is 11.3. The summed E-state index contributed by atoms with van der Waals surface area (Å²) in [7, 11) is 0. The summed E-state index contributed by atoms with van der Waals surface area (Å²) in [5.41, 5.74) is 13.4. The van der Waals surface area contributed by atoms with Gasteiger partial charge in [0.25, 0.3) is 0 Å². The van der Waals surface area contributed by atoms with Crippen LogP contribution in [-0.4, -0.2) is 34.9 Å². The molecule has 0 amide bonds. The Labute approximate surface area is 310 Å². The van der Waals surface area contributed by atoms with E-state index in [0.29, 0.717) is 47.7 Å². The van der Waals surface area contributed by atoms with Crippen molar-refractivity contribution in [1.82, 2.24) is 15.3 Å². The molecule has 2 fully saturated rings. The van der Waals surface area contributed by atoms with Crippen molar-refractivity contribution in [3.63, 3.8) is 0 Å². The maximum Gasteiger partial charge on any atom is 0.417 e. The minimum absolute atomic E-state index is 0.357. The van der Waals surface area contributed by atoms with Crippen LogP contribution in [0.1, 0.15) is 98.3 Å². The summed E-state index contributed by atoms with van der Waals surface area (Å²) < 4.78 is 10.2. The van der Waals surface area contributed by atoms with Crippen LogP contribution in [0, 0.1) is 0 Å². The number of carbonyl (C=O) groups excluding carboxylic acids is 1. The van der Waals surface area contributed by atoms with Crippen LogP contribution in [0.3, 0.4) is 0 Å². The summed E-state index contributed by atoms with van der Waals surface area (Å²) in [6.45, 7) is 1.87. The maximum absolute atomic E-state index is 11.3. The van der Waals surface area contributed by atoms with Crippen molar-refractivity contribution in [1.29, 1.82) is 0 Å². The molecule has 5 N–H and O–H groups in total. The zero-order valence-corrected chi connectivity index (χ0v) is 30.5. The Bertz CT molecular complexity index is 2110. The van der Waals surface area contributed by atoms with Crippen LogP contribution in [-0.2, 0) is 17.6 Å². The summed E-state index contributed by atoms with van der Waals surface area (Å²) in [5.74, 6) is 0.548. The van der Waals surface area contributed by atoms with Crippen molar-refractivity contribution >= 4 is 28.0 Å². The molecule has 0 radical (unpaired) electrons. The molecule has 278 valence electrons. The number of carbonyl (C=O) groups is 1. The minimum Gasteiger partial charge on any atom is -0.408 e. The SMILES string of the molecule is NCCCc1ccccc1.O=C1CCC(c2ccc3[nH]c(=O)oc3c2)CC1.O=c1[nH]c2ccc(C3CCC(NCCCc4ccccc4)CC3)cc2o1. The van der Waals surface area contributed by atoms with E-state index in [9.17, 15) is 14.4 Å². The average molecular weight is 717 g/mol. The van der Waals surface area contributed by atoms with Gasteiger partial charge in [-0.25, -0.2) is 9.59 Å². The Morgan fingerprint density at radius 2 is 1.09 bits per heavy atom. The van der Waals surface area contributed by atoms with Gasteiger partial charge >= 0.3 is 11.5 Å². The second-order valence-electron chi connectivity index (χ2n) is 14.3. The number of benzene rings is 4. The van der Waals surface area contributed by atoms with Crippen LogP contribution >= 0.6 is 0 Å². The average Bonchev–Trinajstić information content (AvgIpc) is 3.77. The van der Waals surface area contributed by atoms with Gasteiger partial charge in [-0.1, -0.05) is 72.8 Å². The molecule has 2 heterocycles. The molecule has 2 aromatic heterocycles. The van der Waals surface area contributed by atoms with Gasteiger partial charge in [-0.3, -0.25) is 14.8 Å². The molecule has 0 bridgehead atoms. The highest BCUT2D eigenvalue weighted by Gasteiger charge is 2.23. The predicted octanol–water partition coefficient (Wildman–Crippen LogP) is 8.30. The molecule has 4 aromatic carbocycles. The molecule has 0 saturated heterocycles. The van der Waals surface area contributed by atoms with Crippen LogP contribution < -0.4 is 22.6 Å². The van der Waals surface area contributed by atoms with E-state index in [4.69, 9.17) is 14.6 Å². The van der Waals surface area contributed by atoms with E-state index in [1.165, 1.54) is 48.8 Å². The molecule has 9 nitrogen and oxygen atoms in total. The topological polar surface area (TPSA) is 147 Å². The number of Topliss-reactive ketones (excluding diaryl/α,β-unsaturated/α-hetero) is 1. The van der Waals surface area contributed by atoms with Gasteiger partial charge in [0.05, 0.1) is 11.0 Å². The quantitative estimate of drug-likeness (QED) is 0.104. The molecule has 2 aliphatic carbocycles. The molecular formula is C44H52N4O5. The monoisotopic (exact) mass is 716 g/mol. The first kappa shape index (κ1) is 37.8. The standard InChI is InChI=1S/C22H26N2O2.C13H13NO3.C9H13N/c25-22-24-20-13-10-18(15-21(20)26-22)17-8-11-19(12-9-17)23-14-4-7-16-5-2-1-3-6-16;15-10-4-1-8(2-5-10)9-3-6-11-12(7-9)17-13(16)14-11;10-8-4-7-9-5-2-1-3-6-9/h1-3,5-6,10,13,15,17,19,23H,4,7-9,11-12,14H2,(H,24,25);3,6-8H,1-2,4-5H2,(H,14,16);1-3,5-6H,4,7-8,10H2. The Morgan fingerprint density at radius 1 is 0.604 bits per heavy atom.